The number of nitrogens with zero attached hydrogens (tertiary/aromatic N) is 6. The number of carbonyl (C=O) groups is 1. The molecule has 0 N–H and O–H groups in total. The Morgan fingerprint density at radius 2 is 1.83 bits per heavy atom. The molecule has 35 heavy (non-hydrogen) atoms. The smallest absolute Gasteiger partial charge is 0.255 e. The number of fused-ring (bicyclic) bond motifs is 1. The molecule has 1 aliphatic rings. The summed E-state index contributed by atoms with van der Waals surface area (Å²) < 4.78 is 12.6. The second-order valence-corrected chi connectivity index (χ2v) is 8.55. The Hall–Kier alpha value is -3.98. The molecule has 0 atom stereocenters. The van der Waals surface area contributed by atoms with Crippen LogP contribution in [0.2, 0.25) is 0 Å². The molecule has 1 aliphatic heterocycles. The quantitative estimate of drug-likeness (QED) is 0.409. The summed E-state index contributed by atoms with van der Waals surface area (Å²) in [4.78, 5) is 26.2. The van der Waals surface area contributed by atoms with Crippen molar-refractivity contribution >= 4 is 16.9 Å². The first-order chi connectivity index (χ1) is 17.1. The largest absolute Gasteiger partial charge is 0.497 e. The van der Waals surface area contributed by atoms with E-state index in [9.17, 15) is 4.79 Å². The highest BCUT2D eigenvalue weighted by Crippen LogP contribution is 2.26. The van der Waals surface area contributed by atoms with E-state index < -0.39 is 0 Å². The van der Waals surface area contributed by atoms with Crippen LogP contribution >= 0.6 is 0 Å². The number of aromatic nitrogens is 4. The highest BCUT2D eigenvalue weighted by atomic mass is 16.5. The highest BCUT2D eigenvalue weighted by Gasteiger charge is 2.23. The Bertz CT molecular complexity index is 1320. The van der Waals surface area contributed by atoms with Gasteiger partial charge < -0.3 is 14.4 Å². The lowest BCUT2D eigenvalue weighted by atomic mass is 10.1. The van der Waals surface area contributed by atoms with E-state index in [2.05, 4.69) is 26.0 Å². The van der Waals surface area contributed by atoms with Crippen LogP contribution in [0.3, 0.4) is 0 Å². The van der Waals surface area contributed by atoms with Gasteiger partial charge in [0.2, 0.25) is 0 Å². The number of pyridine rings is 2. The second kappa shape index (κ2) is 10.1. The molecule has 180 valence electrons. The van der Waals surface area contributed by atoms with Crippen molar-refractivity contribution in [1.29, 1.82) is 0 Å². The molecule has 4 heterocycles. The third-order valence-corrected chi connectivity index (χ3v) is 6.33. The van der Waals surface area contributed by atoms with Crippen molar-refractivity contribution in [3.63, 3.8) is 0 Å². The highest BCUT2D eigenvalue weighted by molar-refractivity contribution is 5.96. The lowest BCUT2D eigenvalue weighted by Crippen LogP contribution is -2.48. The van der Waals surface area contributed by atoms with Gasteiger partial charge >= 0.3 is 0 Å². The van der Waals surface area contributed by atoms with Crippen LogP contribution in [0, 0.1) is 0 Å². The molecule has 0 spiro atoms. The van der Waals surface area contributed by atoms with Crippen molar-refractivity contribution in [1.82, 2.24) is 29.5 Å². The number of carbonyl (C=O) groups excluding carboxylic acids is 1. The van der Waals surface area contributed by atoms with Crippen LogP contribution in [-0.2, 0) is 13.1 Å². The molecular formula is C26H28N6O3. The van der Waals surface area contributed by atoms with Gasteiger partial charge in [-0.1, -0.05) is 6.07 Å². The maximum atomic E-state index is 13.2. The van der Waals surface area contributed by atoms with Crippen molar-refractivity contribution in [3.05, 3.63) is 77.9 Å². The summed E-state index contributed by atoms with van der Waals surface area (Å²) >= 11 is 0. The molecule has 0 saturated carbocycles. The van der Waals surface area contributed by atoms with Crippen molar-refractivity contribution in [3.8, 4) is 11.5 Å². The number of piperazine rings is 1. The first kappa shape index (κ1) is 22.8. The Morgan fingerprint density at radius 3 is 2.57 bits per heavy atom. The maximum Gasteiger partial charge on any atom is 0.255 e. The SMILES string of the molecule is COc1ccc(Cn2ncc3cc(C(=O)N4CCN(Cc5cccnc5)CC4)cnc32)c(OC)c1. The van der Waals surface area contributed by atoms with Crippen LogP contribution in [0.25, 0.3) is 11.0 Å². The summed E-state index contributed by atoms with van der Waals surface area (Å²) in [6, 6.07) is 11.6. The van der Waals surface area contributed by atoms with Gasteiger partial charge in [0, 0.05) is 68.3 Å². The molecule has 0 bridgehead atoms. The van der Waals surface area contributed by atoms with Gasteiger partial charge in [0.15, 0.2) is 5.65 Å². The molecule has 9 nitrogen and oxygen atoms in total. The minimum Gasteiger partial charge on any atom is -0.497 e. The summed E-state index contributed by atoms with van der Waals surface area (Å²) in [5.74, 6) is 1.46. The standard InChI is InChI=1S/C26H28N6O3/c1-34-23-6-5-20(24(13-23)35-2)18-32-25-21(16-29-32)12-22(15-28-25)26(33)31-10-8-30(9-11-31)17-19-4-3-7-27-14-19/h3-7,12-16H,8-11,17-18H2,1-2H3. The Kier molecular flexibility index (Phi) is 6.58. The number of hydrogen-bond acceptors (Lipinski definition) is 7. The van der Waals surface area contributed by atoms with Gasteiger partial charge in [-0.15, -0.1) is 0 Å². The van der Waals surface area contributed by atoms with Crippen molar-refractivity contribution in [2.24, 2.45) is 0 Å². The second-order valence-electron chi connectivity index (χ2n) is 8.55. The third-order valence-electron chi connectivity index (χ3n) is 6.33. The molecule has 1 saturated heterocycles. The molecule has 0 unspecified atom stereocenters. The molecule has 1 amide bonds. The molecular weight excluding hydrogens is 444 g/mol. The Morgan fingerprint density at radius 1 is 0.971 bits per heavy atom. The van der Waals surface area contributed by atoms with Crippen LogP contribution in [0.5, 0.6) is 11.5 Å². The third kappa shape index (κ3) is 4.95. The molecule has 3 aromatic heterocycles. The van der Waals surface area contributed by atoms with Crippen LogP contribution in [0.1, 0.15) is 21.5 Å². The van der Waals surface area contributed by atoms with Gasteiger partial charge in [-0.05, 0) is 29.8 Å². The fourth-order valence-corrected chi connectivity index (χ4v) is 4.39. The maximum absolute atomic E-state index is 13.2. The first-order valence-corrected chi connectivity index (χ1v) is 11.6. The van der Waals surface area contributed by atoms with E-state index in [-0.39, 0.29) is 5.91 Å². The molecule has 1 aromatic carbocycles. The lowest BCUT2D eigenvalue weighted by molar-refractivity contribution is 0.0628. The number of ether oxygens (including phenoxy) is 2. The van der Waals surface area contributed by atoms with Gasteiger partial charge in [-0.2, -0.15) is 5.10 Å². The molecule has 1 fully saturated rings. The van der Waals surface area contributed by atoms with E-state index in [0.29, 0.717) is 25.2 Å². The van der Waals surface area contributed by atoms with Gasteiger partial charge in [0.1, 0.15) is 11.5 Å². The van der Waals surface area contributed by atoms with Gasteiger partial charge in [0.25, 0.3) is 5.91 Å². The number of hydrogen-bond donors (Lipinski definition) is 0. The number of benzene rings is 1. The van der Waals surface area contributed by atoms with Crippen LogP contribution in [0.4, 0.5) is 0 Å². The fraction of sp³-hybridized carbons (Fsp3) is 0.308. The average molecular weight is 473 g/mol. The summed E-state index contributed by atoms with van der Waals surface area (Å²) in [5.41, 5.74) is 3.45. The minimum absolute atomic E-state index is 0.00463. The first-order valence-electron chi connectivity index (χ1n) is 11.6. The molecule has 9 heteroatoms. The van der Waals surface area contributed by atoms with E-state index >= 15 is 0 Å². The number of rotatable bonds is 7. The zero-order valence-corrected chi connectivity index (χ0v) is 19.9. The molecule has 5 rings (SSSR count). The van der Waals surface area contributed by atoms with Crippen molar-refractivity contribution in [2.45, 2.75) is 13.1 Å². The molecule has 0 aliphatic carbocycles. The van der Waals surface area contributed by atoms with E-state index in [1.807, 2.05) is 46.1 Å². The van der Waals surface area contributed by atoms with Crippen molar-refractivity contribution in [2.75, 3.05) is 40.4 Å². The predicted octanol–water partition coefficient (Wildman–Crippen LogP) is 2.85. The normalized spacial score (nSPS) is 14.3. The zero-order valence-electron chi connectivity index (χ0n) is 19.9. The van der Waals surface area contributed by atoms with Gasteiger partial charge in [0.05, 0.1) is 32.5 Å². The number of amides is 1. The topological polar surface area (TPSA) is 85.6 Å². The van der Waals surface area contributed by atoms with Crippen LogP contribution in [0.15, 0.2) is 61.2 Å². The predicted molar refractivity (Wildman–Crippen MR) is 132 cm³/mol. The van der Waals surface area contributed by atoms with E-state index in [1.54, 1.807) is 32.8 Å². The lowest BCUT2D eigenvalue weighted by Gasteiger charge is -2.34. The summed E-state index contributed by atoms with van der Waals surface area (Å²) in [6.45, 7) is 4.38. The van der Waals surface area contributed by atoms with Crippen molar-refractivity contribution < 1.29 is 14.3 Å². The Balaban J connectivity index is 1.26. The summed E-state index contributed by atoms with van der Waals surface area (Å²) in [5, 5.41) is 5.33. The van der Waals surface area contributed by atoms with E-state index in [1.165, 1.54) is 5.56 Å². The van der Waals surface area contributed by atoms with E-state index in [4.69, 9.17) is 9.47 Å². The van der Waals surface area contributed by atoms with Gasteiger partial charge in [-0.3, -0.25) is 14.7 Å². The minimum atomic E-state index is 0.00463. The summed E-state index contributed by atoms with van der Waals surface area (Å²) in [6.07, 6.45) is 7.07. The zero-order chi connectivity index (χ0) is 24.2. The molecule has 4 aromatic rings. The number of methoxy groups -OCH3 is 2. The van der Waals surface area contributed by atoms with Gasteiger partial charge in [-0.25, -0.2) is 9.67 Å². The Labute approximate surface area is 203 Å². The fourth-order valence-electron chi connectivity index (χ4n) is 4.39. The van der Waals surface area contributed by atoms with Crippen LogP contribution in [-0.4, -0.2) is 75.9 Å². The van der Waals surface area contributed by atoms with E-state index in [0.717, 1.165) is 47.7 Å². The summed E-state index contributed by atoms with van der Waals surface area (Å²) in [7, 11) is 3.26. The van der Waals surface area contributed by atoms with Crippen LogP contribution < -0.4 is 9.47 Å². The molecule has 0 radical (unpaired) electrons. The average Bonchev–Trinajstić information content (AvgIpc) is 3.31. The monoisotopic (exact) mass is 472 g/mol.